The van der Waals surface area contributed by atoms with Crippen LogP contribution in [0.5, 0.6) is 0 Å². The average Bonchev–Trinajstić information content (AvgIpc) is 3.23. The molecule has 0 bridgehead atoms. The van der Waals surface area contributed by atoms with Gasteiger partial charge < -0.3 is 9.88 Å². The molecule has 1 N–H and O–H groups in total. The van der Waals surface area contributed by atoms with Crippen molar-refractivity contribution in [2.24, 2.45) is 11.8 Å². The van der Waals surface area contributed by atoms with Crippen LogP contribution in [0.4, 0.5) is 0 Å². The highest BCUT2D eigenvalue weighted by Gasteiger charge is 2.43. The molecule has 4 rings (SSSR count). The average molecular weight is 231 g/mol. The normalized spacial score (nSPS) is 29.1. The van der Waals surface area contributed by atoms with Gasteiger partial charge in [0.2, 0.25) is 0 Å². The molecule has 1 aromatic heterocycles. The number of rotatable bonds is 4. The topological polar surface area (TPSA) is 29.9 Å². The minimum Gasteiger partial charge on any atom is -0.329 e. The maximum Gasteiger partial charge on any atom is 0.0951 e. The van der Waals surface area contributed by atoms with Gasteiger partial charge in [0, 0.05) is 18.3 Å². The maximum absolute atomic E-state index is 4.43. The Bertz CT molecular complexity index is 385. The van der Waals surface area contributed by atoms with Gasteiger partial charge in [-0.2, -0.15) is 0 Å². The van der Waals surface area contributed by atoms with Gasteiger partial charge in [-0.1, -0.05) is 0 Å². The van der Waals surface area contributed by atoms with Gasteiger partial charge in [-0.25, -0.2) is 4.98 Å². The van der Waals surface area contributed by atoms with Gasteiger partial charge in [-0.3, -0.25) is 0 Å². The molecule has 3 aliphatic rings. The molecule has 1 atom stereocenters. The molecule has 1 unspecified atom stereocenters. The molecule has 1 aliphatic heterocycles. The summed E-state index contributed by atoms with van der Waals surface area (Å²) in [6.45, 7) is 1.17. The van der Waals surface area contributed by atoms with E-state index in [9.17, 15) is 0 Å². The van der Waals surface area contributed by atoms with Crippen LogP contribution in [0.2, 0.25) is 0 Å². The summed E-state index contributed by atoms with van der Waals surface area (Å²) < 4.78 is 2.53. The second-order valence-corrected chi connectivity index (χ2v) is 6.04. The second-order valence-electron chi connectivity index (χ2n) is 6.04. The molecule has 0 spiro atoms. The first kappa shape index (κ1) is 10.1. The highest BCUT2D eigenvalue weighted by Crippen LogP contribution is 2.52. The molecule has 2 aliphatic carbocycles. The lowest BCUT2D eigenvalue weighted by molar-refractivity contribution is 0.373. The fraction of sp³-hybridized carbons (Fsp3) is 0.786. The van der Waals surface area contributed by atoms with Crippen molar-refractivity contribution in [3.8, 4) is 0 Å². The molecule has 0 aromatic carbocycles. The number of imidazole rings is 1. The lowest BCUT2D eigenvalue weighted by Crippen LogP contribution is -2.21. The van der Waals surface area contributed by atoms with E-state index in [2.05, 4.69) is 27.4 Å². The third-order valence-electron chi connectivity index (χ3n) is 4.64. The zero-order chi connectivity index (χ0) is 11.2. The zero-order valence-corrected chi connectivity index (χ0v) is 10.3. The van der Waals surface area contributed by atoms with Crippen molar-refractivity contribution in [2.45, 2.75) is 50.6 Å². The summed E-state index contributed by atoms with van der Waals surface area (Å²) in [5.41, 5.74) is 1.45. The summed E-state index contributed by atoms with van der Waals surface area (Å²) in [4.78, 5) is 4.43. The number of nitrogens with one attached hydrogen (secondary N) is 1. The Kier molecular flexibility index (Phi) is 2.29. The van der Waals surface area contributed by atoms with Crippen molar-refractivity contribution < 1.29 is 0 Å². The van der Waals surface area contributed by atoms with Crippen LogP contribution in [0.1, 0.15) is 56.3 Å². The first-order valence-corrected chi connectivity index (χ1v) is 7.18. The SMILES string of the molecule is c1ncn(C(C2CC2)C2CC2)c1C1CCCN1. The van der Waals surface area contributed by atoms with Crippen molar-refractivity contribution in [1.29, 1.82) is 0 Å². The third kappa shape index (κ3) is 1.81. The standard InChI is InChI=1S/C14H21N3/c1-2-12(16-7-1)13-8-15-9-17(13)14(10-3-4-10)11-5-6-11/h8-12,14,16H,1-7H2. The summed E-state index contributed by atoms with van der Waals surface area (Å²) in [6, 6.07) is 1.34. The highest BCUT2D eigenvalue weighted by atomic mass is 15.1. The van der Waals surface area contributed by atoms with Gasteiger partial charge in [0.1, 0.15) is 0 Å². The van der Waals surface area contributed by atoms with Crippen molar-refractivity contribution in [3.05, 3.63) is 18.2 Å². The van der Waals surface area contributed by atoms with Gasteiger partial charge in [0.15, 0.2) is 0 Å². The highest BCUT2D eigenvalue weighted by molar-refractivity contribution is 5.11. The predicted octanol–water partition coefficient (Wildman–Crippen LogP) is 2.67. The van der Waals surface area contributed by atoms with Crippen LogP contribution in [0.3, 0.4) is 0 Å². The monoisotopic (exact) mass is 231 g/mol. The lowest BCUT2D eigenvalue weighted by atomic mass is 10.1. The smallest absolute Gasteiger partial charge is 0.0951 e. The van der Waals surface area contributed by atoms with E-state index in [0.29, 0.717) is 6.04 Å². The number of nitrogens with zero attached hydrogens (tertiary/aromatic N) is 2. The van der Waals surface area contributed by atoms with Crippen LogP contribution in [0, 0.1) is 11.8 Å². The molecule has 92 valence electrons. The maximum atomic E-state index is 4.43. The molecule has 3 heteroatoms. The third-order valence-corrected chi connectivity index (χ3v) is 4.64. The van der Waals surface area contributed by atoms with E-state index in [-0.39, 0.29) is 0 Å². The second kappa shape index (κ2) is 3.84. The van der Waals surface area contributed by atoms with Crippen molar-refractivity contribution >= 4 is 0 Å². The molecule has 2 saturated carbocycles. The molecule has 1 aromatic rings. The lowest BCUT2D eigenvalue weighted by Gasteiger charge is -2.23. The van der Waals surface area contributed by atoms with Crippen molar-refractivity contribution in [3.63, 3.8) is 0 Å². The Balaban J connectivity index is 1.64. The van der Waals surface area contributed by atoms with Gasteiger partial charge in [0.25, 0.3) is 0 Å². The zero-order valence-electron chi connectivity index (χ0n) is 10.3. The summed E-state index contributed by atoms with van der Waals surface area (Å²) >= 11 is 0. The van der Waals surface area contributed by atoms with Crippen LogP contribution >= 0.6 is 0 Å². The quantitative estimate of drug-likeness (QED) is 0.863. The van der Waals surface area contributed by atoms with Crippen LogP contribution in [0.25, 0.3) is 0 Å². The Labute approximate surface area is 103 Å². The van der Waals surface area contributed by atoms with E-state index < -0.39 is 0 Å². The molecular formula is C14H21N3. The van der Waals surface area contributed by atoms with E-state index in [4.69, 9.17) is 0 Å². The predicted molar refractivity (Wildman–Crippen MR) is 66.7 cm³/mol. The van der Waals surface area contributed by atoms with Crippen molar-refractivity contribution in [2.75, 3.05) is 6.54 Å². The summed E-state index contributed by atoms with van der Waals surface area (Å²) in [6.07, 6.45) is 12.6. The van der Waals surface area contributed by atoms with Gasteiger partial charge in [-0.15, -0.1) is 0 Å². The molecule has 17 heavy (non-hydrogen) atoms. The number of hydrogen-bond donors (Lipinski definition) is 1. The summed E-state index contributed by atoms with van der Waals surface area (Å²) in [5.74, 6) is 1.91. The van der Waals surface area contributed by atoms with E-state index in [0.717, 1.165) is 17.9 Å². The minimum atomic E-state index is 0.567. The van der Waals surface area contributed by atoms with Crippen LogP contribution in [0.15, 0.2) is 12.5 Å². The molecule has 3 fully saturated rings. The Morgan fingerprint density at radius 1 is 1.18 bits per heavy atom. The van der Waals surface area contributed by atoms with Crippen molar-refractivity contribution in [1.82, 2.24) is 14.9 Å². The van der Waals surface area contributed by atoms with Gasteiger partial charge in [-0.05, 0) is 56.9 Å². The summed E-state index contributed by atoms with van der Waals surface area (Å²) in [5, 5.41) is 3.61. The number of aromatic nitrogens is 2. The van der Waals surface area contributed by atoms with Gasteiger partial charge in [0.05, 0.1) is 12.0 Å². The fourth-order valence-electron chi connectivity index (χ4n) is 3.49. The molecule has 1 saturated heterocycles. The first-order chi connectivity index (χ1) is 8.43. The minimum absolute atomic E-state index is 0.567. The Morgan fingerprint density at radius 2 is 1.94 bits per heavy atom. The molecule has 2 heterocycles. The molecule has 3 nitrogen and oxygen atoms in total. The summed E-state index contributed by atoms with van der Waals surface area (Å²) in [7, 11) is 0. The number of hydrogen-bond acceptors (Lipinski definition) is 2. The molecule has 0 amide bonds. The molecule has 0 radical (unpaired) electrons. The van der Waals surface area contributed by atoms with E-state index in [1.807, 2.05) is 0 Å². The fourth-order valence-corrected chi connectivity index (χ4v) is 3.49. The largest absolute Gasteiger partial charge is 0.329 e. The first-order valence-electron chi connectivity index (χ1n) is 7.18. The Hall–Kier alpha value is -0.830. The van der Waals surface area contributed by atoms with Gasteiger partial charge >= 0.3 is 0 Å². The van der Waals surface area contributed by atoms with Crippen LogP contribution < -0.4 is 5.32 Å². The van der Waals surface area contributed by atoms with E-state index in [1.54, 1.807) is 0 Å². The van der Waals surface area contributed by atoms with Crippen LogP contribution in [-0.4, -0.2) is 16.1 Å². The van der Waals surface area contributed by atoms with E-state index >= 15 is 0 Å². The van der Waals surface area contributed by atoms with E-state index in [1.165, 1.54) is 50.8 Å². The Morgan fingerprint density at radius 3 is 2.53 bits per heavy atom. The van der Waals surface area contributed by atoms with Crippen LogP contribution in [-0.2, 0) is 0 Å². The molecular weight excluding hydrogens is 210 g/mol.